The van der Waals surface area contributed by atoms with Crippen molar-refractivity contribution >= 4 is 5.97 Å². The van der Waals surface area contributed by atoms with Crippen LogP contribution in [0.4, 0.5) is 0 Å². The lowest BCUT2D eigenvalue weighted by atomic mass is 9.48. The number of carbonyl (C=O) groups is 1. The maximum absolute atomic E-state index is 10.5. The van der Waals surface area contributed by atoms with Crippen LogP contribution in [0.2, 0.25) is 0 Å². The van der Waals surface area contributed by atoms with Gasteiger partial charge < -0.3 is 5.11 Å². The average Bonchev–Trinajstić information content (AvgIpc) is 2.14. The van der Waals surface area contributed by atoms with E-state index < -0.39 is 5.97 Å². The molecule has 0 radical (unpaired) electrons. The minimum atomic E-state index is -0.676. The van der Waals surface area contributed by atoms with E-state index >= 15 is 0 Å². The van der Waals surface area contributed by atoms with Crippen molar-refractivity contribution in [2.75, 3.05) is 0 Å². The van der Waals surface area contributed by atoms with Crippen LogP contribution >= 0.6 is 0 Å². The van der Waals surface area contributed by atoms with Gasteiger partial charge in [0.25, 0.3) is 0 Å². The molecule has 1 saturated carbocycles. The quantitative estimate of drug-likeness (QED) is 0.701. The van der Waals surface area contributed by atoms with Gasteiger partial charge in [0.2, 0.25) is 0 Å². The van der Waals surface area contributed by atoms with Crippen LogP contribution < -0.4 is 0 Å². The summed E-state index contributed by atoms with van der Waals surface area (Å²) in [4.78, 5) is 10.5. The van der Waals surface area contributed by atoms with E-state index in [2.05, 4.69) is 19.9 Å². The number of fused-ring (bicyclic) bond motifs is 1. The zero-order valence-corrected chi connectivity index (χ0v) is 8.92. The molecule has 78 valence electrons. The molecule has 2 heteroatoms. The first-order chi connectivity index (χ1) is 6.51. The third kappa shape index (κ3) is 1.37. The third-order valence-electron chi connectivity index (χ3n) is 4.21. The van der Waals surface area contributed by atoms with Gasteiger partial charge in [0.15, 0.2) is 0 Å². The fraction of sp³-hybridized carbons (Fsp3) is 0.750. The Morgan fingerprint density at radius 3 is 2.86 bits per heavy atom. The predicted octanol–water partition coefficient (Wildman–Crippen LogP) is 2.84. The zero-order chi connectivity index (χ0) is 10.3. The number of carboxylic acids is 1. The van der Waals surface area contributed by atoms with Gasteiger partial charge in [0.1, 0.15) is 0 Å². The SMILES string of the molecule is CC1(C)[C@H]2CC=C(CCC(=O)O)[C@@H]1C2. The predicted molar refractivity (Wildman–Crippen MR) is 54.9 cm³/mol. The molecule has 0 aromatic heterocycles. The molecule has 0 aromatic carbocycles. The van der Waals surface area contributed by atoms with Gasteiger partial charge in [-0.25, -0.2) is 0 Å². The fourth-order valence-corrected chi connectivity index (χ4v) is 3.01. The number of hydrogen-bond acceptors (Lipinski definition) is 1. The largest absolute Gasteiger partial charge is 0.481 e. The molecule has 0 aromatic rings. The van der Waals surface area contributed by atoms with Gasteiger partial charge in [-0.1, -0.05) is 25.5 Å². The first kappa shape index (κ1) is 9.75. The molecule has 3 rings (SSSR count). The Balaban J connectivity index is 2.00. The lowest BCUT2D eigenvalue weighted by Crippen LogP contribution is -2.48. The van der Waals surface area contributed by atoms with Gasteiger partial charge in [-0.2, -0.15) is 0 Å². The molecular formula is C12H18O2. The van der Waals surface area contributed by atoms with Gasteiger partial charge in [0, 0.05) is 6.42 Å². The van der Waals surface area contributed by atoms with Gasteiger partial charge in [-0.15, -0.1) is 0 Å². The van der Waals surface area contributed by atoms with Gasteiger partial charge in [0.05, 0.1) is 0 Å². The van der Waals surface area contributed by atoms with Crippen LogP contribution in [-0.4, -0.2) is 11.1 Å². The molecule has 0 heterocycles. The Bertz CT molecular complexity index is 289. The number of aliphatic carboxylic acids is 1. The number of carboxylic acid groups (broad SMARTS) is 1. The van der Waals surface area contributed by atoms with Crippen molar-refractivity contribution in [3.63, 3.8) is 0 Å². The van der Waals surface area contributed by atoms with E-state index in [-0.39, 0.29) is 0 Å². The summed E-state index contributed by atoms with van der Waals surface area (Å²) < 4.78 is 0. The normalized spacial score (nSPS) is 33.1. The average molecular weight is 194 g/mol. The molecule has 0 amide bonds. The molecule has 0 unspecified atom stereocenters. The standard InChI is InChI=1S/C12H18O2/c1-12(2)9-5-3-8(10(12)7-9)4-6-11(13)14/h3,9-10H,4-7H2,1-2H3,(H,13,14)/t9-,10-/m0/s1. The highest BCUT2D eigenvalue weighted by atomic mass is 16.4. The van der Waals surface area contributed by atoms with E-state index in [1.54, 1.807) is 0 Å². The van der Waals surface area contributed by atoms with Crippen LogP contribution in [0, 0.1) is 17.3 Å². The summed E-state index contributed by atoms with van der Waals surface area (Å²) in [7, 11) is 0. The molecule has 2 nitrogen and oxygen atoms in total. The second-order valence-electron chi connectivity index (χ2n) is 5.22. The molecule has 1 N–H and O–H groups in total. The van der Waals surface area contributed by atoms with Gasteiger partial charge in [-0.3, -0.25) is 4.79 Å². The van der Waals surface area contributed by atoms with Crippen molar-refractivity contribution in [3.8, 4) is 0 Å². The maximum atomic E-state index is 10.5. The first-order valence-corrected chi connectivity index (χ1v) is 5.42. The Morgan fingerprint density at radius 2 is 2.36 bits per heavy atom. The van der Waals surface area contributed by atoms with Crippen LogP contribution in [0.1, 0.15) is 39.5 Å². The molecule has 1 fully saturated rings. The van der Waals surface area contributed by atoms with Gasteiger partial charge >= 0.3 is 5.97 Å². The van der Waals surface area contributed by atoms with E-state index in [0.29, 0.717) is 17.8 Å². The highest BCUT2D eigenvalue weighted by Crippen LogP contribution is 2.59. The van der Waals surface area contributed by atoms with Crippen molar-refractivity contribution in [3.05, 3.63) is 11.6 Å². The van der Waals surface area contributed by atoms with E-state index in [1.807, 2.05) is 0 Å². The van der Waals surface area contributed by atoms with Crippen molar-refractivity contribution in [1.29, 1.82) is 0 Å². The summed E-state index contributed by atoms with van der Waals surface area (Å²) >= 11 is 0. The topological polar surface area (TPSA) is 37.3 Å². The minimum absolute atomic E-state index is 0.295. The van der Waals surface area contributed by atoms with Crippen LogP contribution in [0.3, 0.4) is 0 Å². The number of hydrogen-bond donors (Lipinski definition) is 1. The Hall–Kier alpha value is -0.790. The summed E-state index contributed by atoms with van der Waals surface area (Å²) in [5.74, 6) is 0.840. The van der Waals surface area contributed by atoms with Crippen LogP contribution in [0.5, 0.6) is 0 Å². The van der Waals surface area contributed by atoms with Crippen molar-refractivity contribution in [1.82, 2.24) is 0 Å². The van der Waals surface area contributed by atoms with E-state index in [0.717, 1.165) is 12.3 Å². The summed E-state index contributed by atoms with van der Waals surface area (Å²) in [5.41, 5.74) is 1.84. The smallest absolute Gasteiger partial charge is 0.303 e. The number of rotatable bonds is 3. The molecule has 0 saturated heterocycles. The zero-order valence-electron chi connectivity index (χ0n) is 8.92. The summed E-state index contributed by atoms with van der Waals surface area (Å²) in [6, 6.07) is 0. The minimum Gasteiger partial charge on any atom is -0.481 e. The third-order valence-corrected chi connectivity index (χ3v) is 4.21. The Kier molecular flexibility index (Phi) is 2.17. The van der Waals surface area contributed by atoms with E-state index in [9.17, 15) is 4.79 Å². The van der Waals surface area contributed by atoms with E-state index in [4.69, 9.17) is 5.11 Å². The second-order valence-corrected chi connectivity index (χ2v) is 5.22. The molecule has 3 aliphatic rings. The lowest BCUT2D eigenvalue weighted by Gasteiger charge is -2.56. The molecule has 0 aliphatic heterocycles. The first-order valence-electron chi connectivity index (χ1n) is 5.42. The molecule has 3 aliphatic carbocycles. The fourth-order valence-electron chi connectivity index (χ4n) is 3.01. The number of allylic oxidation sites excluding steroid dienone is 2. The van der Waals surface area contributed by atoms with Crippen molar-refractivity contribution < 1.29 is 9.90 Å². The molecule has 0 spiro atoms. The second kappa shape index (κ2) is 3.11. The summed E-state index contributed by atoms with van der Waals surface area (Å²) in [6.07, 6.45) is 5.79. The van der Waals surface area contributed by atoms with Crippen molar-refractivity contribution in [2.45, 2.75) is 39.5 Å². The Morgan fingerprint density at radius 1 is 1.64 bits per heavy atom. The molecule has 2 bridgehead atoms. The molecular weight excluding hydrogens is 176 g/mol. The lowest BCUT2D eigenvalue weighted by molar-refractivity contribution is -0.137. The molecule has 14 heavy (non-hydrogen) atoms. The summed E-state index contributed by atoms with van der Waals surface area (Å²) in [5, 5.41) is 8.65. The van der Waals surface area contributed by atoms with Crippen LogP contribution in [0.15, 0.2) is 11.6 Å². The van der Waals surface area contributed by atoms with Gasteiger partial charge in [-0.05, 0) is 36.5 Å². The van der Waals surface area contributed by atoms with Crippen LogP contribution in [-0.2, 0) is 4.79 Å². The van der Waals surface area contributed by atoms with Crippen LogP contribution in [0.25, 0.3) is 0 Å². The van der Waals surface area contributed by atoms with Crippen molar-refractivity contribution in [2.24, 2.45) is 17.3 Å². The molecule has 2 atom stereocenters. The monoisotopic (exact) mass is 194 g/mol. The van der Waals surface area contributed by atoms with E-state index in [1.165, 1.54) is 18.4 Å². The maximum Gasteiger partial charge on any atom is 0.303 e. The highest BCUT2D eigenvalue weighted by Gasteiger charge is 2.50. The highest BCUT2D eigenvalue weighted by molar-refractivity contribution is 5.67. The summed E-state index contributed by atoms with van der Waals surface area (Å²) in [6.45, 7) is 4.64. The Labute approximate surface area is 85.0 Å².